The maximum absolute atomic E-state index is 13.9. The normalized spacial score (nSPS) is 17.2. The zero-order valence-electron chi connectivity index (χ0n) is 19.3. The predicted octanol–water partition coefficient (Wildman–Crippen LogP) is 5.11. The summed E-state index contributed by atoms with van der Waals surface area (Å²) in [5.74, 6) is 0. The summed E-state index contributed by atoms with van der Waals surface area (Å²) in [7, 11) is 0. The first-order chi connectivity index (χ1) is 17.2. The number of allylic oxidation sites excluding steroid dienone is 1. The van der Waals surface area contributed by atoms with E-state index in [0.29, 0.717) is 4.53 Å². The Balaban J connectivity index is 1.51. The lowest BCUT2D eigenvalue weighted by Gasteiger charge is -2.30. The van der Waals surface area contributed by atoms with Crippen LogP contribution in [0.4, 0.5) is 0 Å². The first-order valence-corrected chi connectivity index (χ1v) is 12.8. The molecule has 35 heavy (non-hydrogen) atoms. The van der Waals surface area contributed by atoms with E-state index in [2.05, 4.69) is 72.6 Å². The maximum atomic E-state index is 13.9. The number of nitrogens with one attached hydrogen (secondary N) is 1. The second kappa shape index (κ2) is 7.79. The van der Waals surface area contributed by atoms with Gasteiger partial charge >= 0.3 is 0 Å². The number of aromatic nitrogens is 2. The third kappa shape index (κ3) is 3.12. The minimum absolute atomic E-state index is 0.0256. The summed E-state index contributed by atoms with van der Waals surface area (Å²) >= 11 is 1.49. The predicted molar refractivity (Wildman–Crippen MR) is 142 cm³/mol. The molecule has 170 valence electrons. The molecule has 0 unspecified atom stereocenters. The van der Waals surface area contributed by atoms with Crippen LogP contribution >= 0.6 is 11.3 Å². The molecule has 3 heterocycles. The lowest BCUT2D eigenvalue weighted by atomic mass is 9.83. The van der Waals surface area contributed by atoms with Crippen LogP contribution in [0.5, 0.6) is 0 Å². The van der Waals surface area contributed by atoms with Crippen LogP contribution < -0.4 is 14.9 Å². The first kappa shape index (κ1) is 20.4. The molecule has 0 radical (unpaired) electrons. The summed E-state index contributed by atoms with van der Waals surface area (Å²) in [6.45, 7) is 2.06. The van der Waals surface area contributed by atoms with E-state index in [-0.39, 0.29) is 11.6 Å². The molecule has 0 bridgehead atoms. The highest BCUT2D eigenvalue weighted by molar-refractivity contribution is 7.07. The average molecular weight is 474 g/mol. The van der Waals surface area contributed by atoms with Crippen molar-refractivity contribution in [2.24, 2.45) is 4.99 Å². The van der Waals surface area contributed by atoms with Gasteiger partial charge in [0.05, 0.1) is 16.3 Å². The molecule has 1 atom stereocenters. The van der Waals surface area contributed by atoms with Gasteiger partial charge in [-0.3, -0.25) is 9.36 Å². The first-order valence-electron chi connectivity index (χ1n) is 11.9. The number of para-hydroxylation sites is 1. The van der Waals surface area contributed by atoms with Gasteiger partial charge in [0.25, 0.3) is 5.56 Å². The third-order valence-electron chi connectivity index (χ3n) is 7.21. The van der Waals surface area contributed by atoms with E-state index < -0.39 is 0 Å². The molecular weight excluding hydrogens is 450 g/mol. The standard InChI is InChI=1S/C30H23N3OS/c1-18-24(22-13-7-8-14-25(22)31-18)17-26-29(34)33-28(20-10-3-2-4-11-20)23-16-15-19-9-5-6-12-21(19)27(23)32-30(33)35-26/h2-14,17,28,31H,15-16H2,1H3/b26-17-/t28-/m0/s1. The summed E-state index contributed by atoms with van der Waals surface area (Å²) in [5.41, 5.74) is 9.16. The van der Waals surface area contributed by atoms with Crippen LogP contribution in [-0.2, 0) is 6.42 Å². The van der Waals surface area contributed by atoms with E-state index in [1.807, 2.05) is 28.8 Å². The molecular formula is C30H23N3OS. The monoisotopic (exact) mass is 473 g/mol. The van der Waals surface area contributed by atoms with Crippen molar-refractivity contribution in [1.29, 1.82) is 0 Å². The van der Waals surface area contributed by atoms with Gasteiger partial charge in [-0.1, -0.05) is 84.1 Å². The van der Waals surface area contributed by atoms with Crippen LogP contribution in [0.2, 0.25) is 0 Å². The molecule has 0 spiro atoms. The van der Waals surface area contributed by atoms with Crippen molar-refractivity contribution in [3.8, 4) is 0 Å². The van der Waals surface area contributed by atoms with Crippen LogP contribution in [0.1, 0.15) is 40.4 Å². The quantitative estimate of drug-likeness (QED) is 0.381. The molecule has 4 nitrogen and oxygen atoms in total. The molecule has 0 fully saturated rings. The molecule has 7 rings (SSSR count). The van der Waals surface area contributed by atoms with Crippen molar-refractivity contribution in [3.05, 3.63) is 132 Å². The van der Waals surface area contributed by atoms with Crippen molar-refractivity contribution >= 4 is 34.0 Å². The zero-order valence-corrected chi connectivity index (χ0v) is 20.1. The van der Waals surface area contributed by atoms with Crippen LogP contribution in [0.3, 0.4) is 0 Å². The van der Waals surface area contributed by atoms with E-state index in [4.69, 9.17) is 4.99 Å². The van der Waals surface area contributed by atoms with Gasteiger partial charge in [-0.05, 0) is 48.6 Å². The summed E-state index contributed by atoms with van der Waals surface area (Å²) in [4.78, 5) is 23.3. The fourth-order valence-electron chi connectivity index (χ4n) is 5.57. The van der Waals surface area contributed by atoms with E-state index in [1.54, 1.807) is 0 Å². The Morgan fingerprint density at radius 1 is 0.971 bits per heavy atom. The van der Waals surface area contributed by atoms with E-state index in [1.165, 1.54) is 28.0 Å². The summed E-state index contributed by atoms with van der Waals surface area (Å²) in [6, 6.07) is 27.0. The highest BCUT2D eigenvalue weighted by Gasteiger charge is 2.32. The van der Waals surface area contributed by atoms with Crippen LogP contribution in [0, 0.1) is 6.92 Å². The van der Waals surface area contributed by atoms with Crippen molar-refractivity contribution < 1.29 is 0 Å². The van der Waals surface area contributed by atoms with Crippen molar-refractivity contribution in [2.75, 3.05) is 0 Å². The Kier molecular flexibility index (Phi) is 4.54. The van der Waals surface area contributed by atoms with Crippen molar-refractivity contribution in [3.63, 3.8) is 0 Å². The maximum Gasteiger partial charge on any atom is 0.271 e. The molecule has 5 aromatic rings. The molecule has 0 amide bonds. The molecule has 1 aliphatic heterocycles. The van der Waals surface area contributed by atoms with Crippen LogP contribution in [0.25, 0.3) is 22.7 Å². The summed E-state index contributed by atoms with van der Waals surface area (Å²) in [6.07, 6.45) is 3.91. The van der Waals surface area contributed by atoms with Crippen LogP contribution in [0.15, 0.2) is 94.2 Å². The largest absolute Gasteiger partial charge is 0.358 e. The molecule has 2 aromatic heterocycles. The zero-order chi connectivity index (χ0) is 23.5. The number of aryl methyl sites for hydroxylation is 2. The van der Waals surface area contributed by atoms with Gasteiger partial charge in [-0.25, -0.2) is 4.99 Å². The smallest absolute Gasteiger partial charge is 0.271 e. The number of fused-ring (bicyclic) bond motifs is 4. The Labute approximate surface area is 206 Å². The molecule has 5 heteroatoms. The second-order valence-corrected chi connectivity index (χ2v) is 10.2. The highest BCUT2D eigenvalue weighted by atomic mass is 32.1. The van der Waals surface area contributed by atoms with Gasteiger partial charge in [0.2, 0.25) is 0 Å². The Bertz CT molecular complexity index is 1840. The van der Waals surface area contributed by atoms with Crippen molar-refractivity contribution in [2.45, 2.75) is 25.8 Å². The second-order valence-electron chi connectivity index (χ2n) is 9.23. The van der Waals surface area contributed by atoms with Gasteiger partial charge in [0.15, 0.2) is 4.80 Å². The van der Waals surface area contributed by atoms with E-state index >= 15 is 0 Å². The molecule has 3 aromatic carbocycles. The minimum atomic E-state index is -0.137. The number of hydrogen-bond donors (Lipinski definition) is 1. The number of thiazole rings is 1. The molecule has 1 N–H and O–H groups in total. The summed E-state index contributed by atoms with van der Waals surface area (Å²) in [5, 5.41) is 1.13. The number of benzene rings is 3. The van der Waals surface area contributed by atoms with Gasteiger partial charge in [-0.15, -0.1) is 0 Å². The number of rotatable bonds is 2. The fraction of sp³-hybridized carbons (Fsp3) is 0.133. The molecule has 0 saturated carbocycles. The Hall–Kier alpha value is -3.96. The highest BCUT2D eigenvalue weighted by Crippen LogP contribution is 2.41. The van der Waals surface area contributed by atoms with Gasteiger partial charge < -0.3 is 4.98 Å². The average Bonchev–Trinajstić information content (AvgIpc) is 3.38. The number of nitrogens with zero attached hydrogens (tertiary/aromatic N) is 2. The SMILES string of the molecule is Cc1[nH]c2ccccc2c1/C=c1\sc2n(c1=O)[C@@H](c1ccccc1)C1=C(N=2)c2ccccc2CC1. The molecule has 2 aliphatic rings. The lowest BCUT2D eigenvalue weighted by molar-refractivity contribution is 0.585. The molecule has 1 aliphatic carbocycles. The number of H-pyrrole nitrogens is 1. The van der Waals surface area contributed by atoms with Gasteiger partial charge in [0, 0.05) is 27.7 Å². The lowest BCUT2D eigenvalue weighted by Crippen LogP contribution is -2.38. The topological polar surface area (TPSA) is 50.1 Å². The van der Waals surface area contributed by atoms with Gasteiger partial charge in [0.1, 0.15) is 0 Å². The Morgan fingerprint density at radius 3 is 2.63 bits per heavy atom. The minimum Gasteiger partial charge on any atom is -0.358 e. The van der Waals surface area contributed by atoms with E-state index in [0.717, 1.165) is 51.1 Å². The van der Waals surface area contributed by atoms with E-state index in [9.17, 15) is 4.79 Å². The number of hydrogen-bond acceptors (Lipinski definition) is 3. The van der Waals surface area contributed by atoms with Crippen LogP contribution in [-0.4, -0.2) is 9.55 Å². The summed E-state index contributed by atoms with van der Waals surface area (Å²) < 4.78 is 2.63. The number of aromatic amines is 1. The van der Waals surface area contributed by atoms with Crippen molar-refractivity contribution in [1.82, 2.24) is 9.55 Å². The van der Waals surface area contributed by atoms with Gasteiger partial charge in [-0.2, -0.15) is 0 Å². The third-order valence-corrected chi connectivity index (χ3v) is 8.19. The Morgan fingerprint density at radius 2 is 1.74 bits per heavy atom. The molecule has 0 saturated heterocycles. The fourth-order valence-corrected chi connectivity index (χ4v) is 6.56.